The van der Waals surface area contributed by atoms with E-state index in [-0.39, 0.29) is 0 Å². The largest absolute Gasteiger partial charge is 0.444 e. The van der Waals surface area contributed by atoms with Gasteiger partial charge in [-0.3, -0.25) is 5.32 Å². The molecule has 0 aliphatic heterocycles. The van der Waals surface area contributed by atoms with E-state index < -0.39 is 11.7 Å². The fourth-order valence-electron chi connectivity index (χ4n) is 1.93. The first kappa shape index (κ1) is 18.5. The van der Waals surface area contributed by atoms with Gasteiger partial charge in [-0.05, 0) is 44.4 Å². The molecule has 0 aliphatic carbocycles. The van der Waals surface area contributed by atoms with E-state index in [1.807, 2.05) is 45.0 Å². The molecule has 1 aromatic carbocycles. The van der Waals surface area contributed by atoms with Crippen LogP contribution in [-0.4, -0.2) is 32.0 Å². The van der Waals surface area contributed by atoms with E-state index in [4.69, 9.17) is 9.47 Å². The van der Waals surface area contributed by atoms with Gasteiger partial charge < -0.3 is 14.8 Å². The molecular weight excluding hydrogens is 280 g/mol. The Labute approximate surface area is 133 Å². The summed E-state index contributed by atoms with van der Waals surface area (Å²) in [5.74, 6) is 0.484. The van der Waals surface area contributed by atoms with Gasteiger partial charge in [0.2, 0.25) is 0 Å². The van der Waals surface area contributed by atoms with Gasteiger partial charge in [0.1, 0.15) is 5.60 Å². The minimum absolute atomic E-state index is 0.438. The van der Waals surface area contributed by atoms with Crippen LogP contribution in [0.1, 0.15) is 33.3 Å². The Morgan fingerprint density at radius 1 is 1.23 bits per heavy atom. The SMILES string of the molecule is COCC(C)CNCc1ccc(NC(=O)OC(C)(C)C)cc1. The average molecular weight is 308 g/mol. The third kappa shape index (κ3) is 8.00. The summed E-state index contributed by atoms with van der Waals surface area (Å²) in [7, 11) is 1.72. The standard InChI is InChI=1S/C17H28N2O3/c1-13(12-21-5)10-18-11-14-6-8-15(9-7-14)19-16(20)22-17(2,3)4/h6-9,13,18H,10-12H2,1-5H3,(H,19,20). The first-order chi connectivity index (χ1) is 10.3. The van der Waals surface area contributed by atoms with E-state index in [1.165, 1.54) is 5.56 Å². The van der Waals surface area contributed by atoms with Gasteiger partial charge in [-0.25, -0.2) is 4.79 Å². The smallest absolute Gasteiger partial charge is 0.412 e. The Bertz CT molecular complexity index is 452. The summed E-state index contributed by atoms with van der Waals surface area (Å²) in [5, 5.41) is 6.10. The summed E-state index contributed by atoms with van der Waals surface area (Å²) >= 11 is 0. The van der Waals surface area contributed by atoms with Gasteiger partial charge >= 0.3 is 6.09 Å². The molecule has 0 fully saturated rings. The Hall–Kier alpha value is -1.59. The van der Waals surface area contributed by atoms with Crippen molar-refractivity contribution in [1.29, 1.82) is 0 Å². The molecule has 0 heterocycles. The van der Waals surface area contributed by atoms with Crippen LogP contribution in [0.25, 0.3) is 0 Å². The van der Waals surface area contributed by atoms with Crippen molar-refractivity contribution < 1.29 is 14.3 Å². The monoisotopic (exact) mass is 308 g/mol. The first-order valence-electron chi connectivity index (χ1n) is 7.59. The molecule has 1 aromatic rings. The molecule has 1 atom stereocenters. The van der Waals surface area contributed by atoms with Gasteiger partial charge in [0.05, 0.1) is 0 Å². The lowest BCUT2D eigenvalue weighted by molar-refractivity contribution is 0.0636. The minimum atomic E-state index is -0.493. The van der Waals surface area contributed by atoms with Crippen LogP contribution >= 0.6 is 0 Å². The molecule has 0 spiro atoms. The minimum Gasteiger partial charge on any atom is -0.444 e. The number of anilines is 1. The highest BCUT2D eigenvalue weighted by atomic mass is 16.6. The molecule has 1 amide bonds. The normalized spacial score (nSPS) is 12.8. The van der Waals surface area contributed by atoms with Crippen LogP contribution in [0.2, 0.25) is 0 Å². The highest BCUT2D eigenvalue weighted by molar-refractivity contribution is 5.84. The van der Waals surface area contributed by atoms with E-state index in [9.17, 15) is 4.79 Å². The molecule has 0 saturated carbocycles. The molecule has 5 nitrogen and oxygen atoms in total. The predicted molar refractivity (Wildman–Crippen MR) is 89.0 cm³/mol. The number of benzene rings is 1. The molecule has 1 rings (SSSR count). The Morgan fingerprint density at radius 2 is 1.86 bits per heavy atom. The van der Waals surface area contributed by atoms with Crippen LogP contribution < -0.4 is 10.6 Å². The van der Waals surface area contributed by atoms with Crippen LogP contribution in [-0.2, 0) is 16.0 Å². The average Bonchev–Trinajstić information content (AvgIpc) is 2.39. The number of hydrogen-bond acceptors (Lipinski definition) is 4. The molecule has 0 radical (unpaired) electrons. The number of methoxy groups -OCH3 is 1. The zero-order chi connectivity index (χ0) is 16.6. The maximum absolute atomic E-state index is 11.7. The molecule has 2 N–H and O–H groups in total. The lowest BCUT2D eigenvalue weighted by Crippen LogP contribution is -2.27. The fraction of sp³-hybridized carbons (Fsp3) is 0.588. The molecule has 0 bridgehead atoms. The predicted octanol–water partition coefficient (Wildman–Crippen LogP) is 3.41. The molecule has 0 aliphatic rings. The van der Waals surface area contributed by atoms with Crippen LogP contribution in [0.4, 0.5) is 10.5 Å². The third-order valence-electron chi connectivity index (χ3n) is 2.87. The van der Waals surface area contributed by atoms with Crippen molar-refractivity contribution in [2.24, 2.45) is 5.92 Å². The number of hydrogen-bond donors (Lipinski definition) is 2. The van der Waals surface area contributed by atoms with Gasteiger partial charge in [0, 0.05) is 32.5 Å². The molecular formula is C17H28N2O3. The quantitative estimate of drug-likeness (QED) is 0.810. The summed E-state index contributed by atoms with van der Waals surface area (Å²) in [5.41, 5.74) is 1.40. The van der Waals surface area contributed by atoms with Crippen molar-refractivity contribution >= 4 is 11.8 Å². The number of amides is 1. The van der Waals surface area contributed by atoms with Crippen molar-refractivity contribution in [2.45, 2.75) is 39.8 Å². The molecule has 22 heavy (non-hydrogen) atoms. The Morgan fingerprint density at radius 3 is 2.41 bits per heavy atom. The topological polar surface area (TPSA) is 59.6 Å². The van der Waals surface area contributed by atoms with Gasteiger partial charge in [-0.15, -0.1) is 0 Å². The van der Waals surface area contributed by atoms with E-state index >= 15 is 0 Å². The number of nitrogens with one attached hydrogen (secondary N) is 2. The number of carbonyl (C=O) groups is 1. The lowest BCUT2D eigenvalue weighted by atomic mass is 10.1. The molecule has 124 valence electrons. The van der Waals surface area contributed by atoms with E-state index in [0.29, 0.717) is 5.92 Å². The Kier molecular flexibility index (Phi) is 7.35. The third-order valence-corrected chi connectivity index (χ3v) is 2.87. The van der Waals surface area contributed by atoms with Gasteiger partial charge in [-0.1, -0.05) is 19.1 Å². The second kappa shape index (κ2) is 8.76. The zero-order valence-electron chi connectivity index (χ0n) is 14.2. The molecule has 5 heteroatoms. The second-order valence-electron chi connectivity index (χ2n) is 6.52. The highest BCUT2D eigenvalue weighted by Gasteiger charge is 2.15. The highest BCUT2D eigenvalue weighted by Crippen LogP contribution is 2.13. The summed E-state index contributed by atoms with van der Waals surface area (Å²) in [4.78, 5) is 11.7. The second-order valence-corrected chi connectivity index (χ2v) is 6.52. The molecule has 0 saturated heterocycles. The van der Waals surface area contributed by atoms with Crippen molar-refractivity contribution in [3.8, 4) is 0 Å². The van der Waals surface area contributed by atoms with Crippen molar-refractivity contribution in [1.82, 2.24) is 5.32 Å². The van der Waals surface area contributed by atoms with Crippen molar-refractivity contribution in [3.05, 3.63) is 29.8 Å². The van der Waals surface area contributed by atoms with Crippen molar-refractivity contribution in [2.75, 3.05) is 25.6 Å². The van der Waals surface area contributed by atoms with Gasteiger partial charge in [-0.2, -0.15) is 0 Å². The summed E-state index contributed by atoms with van der Waals surface area (Å²) in [6.45, 7) is 10.1. The van der Waals surface area contributed by atoms with Gasteiger partial charge in [0.25, 0.3) is 0 Å². The molecule has 1 unspecified atom stereocenters. The van der Waals surface area contributed by atoms with E-state index in [0.717, 1.165) is 25.4 Å². The first-order valence-corrected chi connectivity index (χ1v) is 7.59. The molecule has 0 aromatic heterocycles. The van der Waals surface area contributed by atoms with Crippen LogP contribution in [0.3, 0.4) is 0 Å². The number of rotatable bonds is 7. The number of ether oxygens (including phenoxy) is 2. The van der Waals surface area contributed by atoms with Crippen LogP contribution in [0.15, 0.2) is 24.3 Å². The summed E-state index contributed by atoms with van der Waals surface area (Å²) in [6.07, 6.45) is -0.438. The summed E-state index contributed by atoms with van der Waals surface area (Å²) in [6, 6.07) is 7.72. The Balaban J connectivity index is 2.38. The maximum Gasteiger partial charge on any atom is 0.412 e. The van der Waals surface area contributed by atoms with E-state index in [2.05, 4.69) is 17.6 Å². The van der Waals surface area contributed by atoms with Crippen LogP contribution in [0, 0.1) is 5.92 Å². The fourth-order valence-corrected chi connectivity index (χ4v) is 1.93. The van der Waals surface area contributed by atoms with Crippen LogP contribution in [0.5, 0.6) is 0 Å². The lowest BCUT2D eigenvalue weighted by Gasteiger charge is -2.19. The van der Waals surface area contributed by atoms with Gasteiger partial charge in [0.15, 0.2) is 0 Å². The maximum atomic E-state index is 11.7. The zero-order valence-corrected chi connectivity index (χ0v) is 14.2. The number of carbonyl (C=O) groups excluding carboxylic acids is 1. The van der Waals surface area contributed by atoms with Crippen molar-refractivity contribution in [3.63, 3.8) is 0 Å². The summed E-state index contributed by atoms with van der Waals surface area (Å²) < 4.78 is 10.3. The van der Waals surface area contributed by atoms with E-state index in [1.54, 1.807) is 7.11 Å².